The Bertz CT molecular complexity index is 207. The van der Waals surface area contributed by atoms with Crippen molar-refractivity contribution in [2.75, 3.05) is 26.8 Å². The molecule has 0 spiro atoms. The molecule has 0 aromatic rings. The lowest BCUT2D eigenvalue weighted by Gasteiger charge is -2.29. The smallest absolute Gasteiger partial charge is 0.0615 e. The van der Waals surface area contributed by atoms with Crippen molar-refractivity contribution in [3.63, 3.8) is 0 Å². The van der Waals surface area contributed by atoms with E-state index in [0.717, 1.165) is 0 Å². The summed E-state index contributed by atoms with van der Waals surface area (Å²) in [5.41, 5.74) is 0.278. The van der Waals surface area contributed by atoms with Crippen LogP contribution in [-0.4, -0.2) is 48.0 Å². The van der Waals surface area contributed by atoms with E-state index in [-0.39, 0.29) is 35.1 Å². The monoisotopic (exact) mass is 387 g/mol. The average molecular weight is 387 g/mol. The van der Waals surface area contributed by atoms with Crippen LogP contribution in [0.4, 0.5) is 0 Å². The summed E-state index contributed by atoms with van der Waals surface area (Å²) in [6, 6.07) is 0. The van der Waals surface area contributed by atoms with Gasteiger partial charge >= 0.3 is 0 Å². The van der Waals surface area contributed by atoms with Gasteiger partial charge in [-0.15, -0.1) is 24.0 Å². The number of aliphatic hydroxyl groups excluding tert-OH is 1. The summed E-state index contributed by atoms with van der Waals surface area (Å²) in [4.78, 5) is 2.47. The highest BCUT2D eigenvalue weighted by Gasteiger charge is 2.43. The Balaban J connectivity index is 0. The molecule has 1 N–H and O–H groups in total. The number of methoxy groups -OCH3 is 1. The quantitative estimate of drug-likeness (QED) is 0.697. The molecule has 3 nitrogen and oxygen atoms in total. The van der Waals surface area contributed by atoms with Crippen molar-refractivity contribution in [1.29, 1.82) is 0 Å². The number of rotatable bonds is 1. The van der Waals surface area contributed by atoms with Gasteiger partial charge in [-0.1, -0.05) is 13.8 Å². The first-order valence-electron chi connectivity index (χ1n) is 7.35. The molecule has 2 rings (SSSR count). The van der Waals surface area contributed by atoms with Gasteiger partial charge in [0.25, 0.3) is 0 Å². The molecular formula is C15H34INO2. The SMILES string of the molecule is CC.COC(C)(C)C.I.OCC12CCCN1CCC2. The number of hydrogen-bond acceptors (Lipinski definition) is 3. The van der Waals surface area contributed by atoms with E-state index >= 15 is 0 Å². The lowest BCUT2D eigenvalue weighted by Crippen LogP contribution is -2.41. The molecule has 0 aromatic heterocycles. The predicted octanol–water partition coefficient (Wildman–Crippen LogP) is 3.68. The number of fused-ring (bicyclic) bond motifs is 1. The number of ether oxygens (including phenoxy) is 1. The number of halogens is 1. The standard InChI is InChI=1S/C8H15NO.C5H12O.C2H6.HI/c10-7-8-3-1-5-9(8)6-2-4-8;1-5(2,3)6-4;1-2;/h10H,1-7H2;1-4H3;1-2H3;1H. The molecule has 0 unspecified atom stereocenters. The molecule has 0 aromatic carbocycles. The van der Waals surface area contributed by atoms with Crippen LogP contribution in [-0.2, 0) is 4.74 Å². The van der Waals surface area contributed by atoms with Crippen LogP contribution in [0.1, 0.15) is 60.3 Å². The van der Waals surface area contributed by atoms with Gasteiger partial charge < -0.3 is 9.84 Å². The first-order valence-corrected chi connectivity index (χ1v) is 7.35. The van der Waals surface area contributed by atoms with Crippen LogP contribution in [0.2, 0.25) is 0 Å². The van der Waals surface area contributed by atoms with E-state index in [9.17, 15) is 5.11 Å². The van der Waals surface area contributed by atoms with Gasteiger partial charge in [0.05, 0.1) is 12.2 Å². The highest BCUT2D eigenvalue weighted by Crippen LogP contribution is 2.37. The Hall–Kier alpha value is 0.610. The van der Waals surface area contributed by atoms with E-state index in [1.54, 1.807) is 7.11 Å². The minimum Gasteiger partial charge on any atom is -0.394 e. The summed E-state index contributed by atoms with van der Waals surface area (Å²) < 4.78 is 4.94. The van der Waals surface area contributed by atoms with Crippen LogP contribution in [0.25, 0.3) is 0 Å². The molecule has 0 amide bonds. The summed E-state index contributed by atoms with van der Waals surface area (Å²) >= 11 is 0. The summed E-state index contributed by atoms with van der Waals surface area (Å²) in [5, 5.41) is 9.19. The molecule has 0 atom stereocenters. The van der Waals surface area contributed by atoms with Gasteiger partial charge in [-0.3, -0.25) is 4.90 Å². The molecule has 0 aliphatic carbocycles. The fourth-order valence-electron chi connectivity index (χ4n) is 2.48. The number of hydrogen-bond donors (Lipinski definition) is 1. The Morgan fingerprint density at radius 3 is 1.68 bits per heavy atom. The summed E-state index contributed by atoms with van der Waals surface area (Å²) in [6.07, 6.45) is 5.04. The van der Waals surface area contributed by atoms with Crippen molar-refractivity contribution < 1.29 is 9.84 Å². The number of aliphatic hydroxyl groups is 1. The second-order valence-electron chi connectivity index (χ2n) is 5.89. The Labute approximate surface area is 137 Å². The molecule has 2 aliphatic rings. The fraction of sp³-hybridized carbons (Fsp3) is 1.00. The van der Waals surface area contributed by atoms with Gasteiger partial charge in [0, 0.05) is 12.6 Å². The van der Waals surface area contributed by atoms with Crippen molar-refractivity contribution >= 4 is 24.0 Å². The normalized spacial score (nSPS) is 20.4. The van der Waals surface area contributed by atoms with E-state index in [4.69, 9.17) is 4.74 Å². The fourth-order valence-corrected chi connectivity index (χ4v) is 2.48. The highest BCUT2D eigenvalue weighted by molar-refractivity contribution is 14.0. The van der Waals surface area contributed by atoms with Gasteiger partial charge in [0.1, 0.15) is 0 Å². The van der Waals surface area contributed by atoms with Crippen molar-refractivity contribution in [3.8, 4) is 0 Å². The minimum absolute atomic E-state index is 0. The van der Waals surface area contributed by atoms with Crippen molar-refractivity contribution in [2.24, 2.45) is 0 Å². The molecule has 0 radical (unpaired) electrons. The molecule has 19 heavy (non-hydrogen) atoms. The third-order valence-corrected chi connectivity index (χ3v) is 3.72. The molecule has 0 bridgehead atoms. The maximum atomic E-state index is 9.19. The molecule has 2 heterocycles. The van der Waals surface area contributed by atoms with E-state index in [0.29, 0.717) is 6.61 Å². The lowest BCUT2D eigenvalue weighted by molar-refractivity contribution is 0.0397. The first kappa shape index (κ1) is 21.9. The molecule has 4 heteroatoms. The van der Waals surface area contributed by atoms with Crippen LogP contribution in [0.5, 0.6) is 0 Å². The van der Waals surface area contributed by atoms with Crippen LogP contribution in [0.3, 0.4) is 0 Å². The maximum absolute atomic E-state index is 9.19. The predicted molar refractivity (Wildman–Crippen MR) is 93.4 cm³/mol. The zero-order chi connectivity index (χ0) is 14.2. The van der Waals surface area contributed by atoms with E-state index in [1.807, 2.05) is 34.6 Å². The summed E-state index contributed by atoms with van der Waals surface area (Å²) in [7, 11) is 1.71. The molecule has 2 aliphatic heterocycles. The zero-order valence-electron chi connectivity index (χ0n) is 13.7. The highest BCUT2D eigenvalue weighted by atomic mass is 127. The molecule has 2 fully saturated rings. The maximum Gasteiger partial charge on any atom is 0.0615 e. The van der Waals surface area contributed by atoms with Gasteiger partial charge in [0.15, 0.2) is 0 Å². The Kier molecular flexibility index (Phi) is 11.9. The van der Waals surface area contributed by atoms with Crippen molar-refractivity contribution in [3.05, 3.63) is 0 Å². The third kappa shape index (κ3) is 7.25. The third-order valence-electron chi connectivity index (χ3n) is 3.72. The molecule has 118 valence electrons. The minimum atomic E-state index is 0. The van der Waals surface area contributed by atoms with E-state index < -0.39 is 0 Å². The molecule has 0 saturated carbocycles. The van der Waals surface area contributed by atoms with E-state index in [1.165, 1.54) is 38.8 Å². The second-order valence-corrected chi connectivity index (χ2v) is 5.89. The van der Waals surface area contributed by atoms with Crippen LogP contribution in [0, 0.1) is 0 Å². The van der Waals surface area contributed by atoms with Crippen molar-refractivity contribution in [2.45, 2.75) is 71.4 Å². The van der Waals surface area contributed by atoms with E-state index in [2.05, 4.69) is 4.90 Å². The van der Waals surface area contributed by atoms with Gasteiger partial charge in [-0.2, -0.15) is 0 Å². The molecular weight excluding hydrogens is 353 g/mol. The zero-order valence-corrected chi connectivity index (χ0v) is 16.0. The summed E-state index contributed by atoms with van der Waals surface area (Å²) in [5.74, 6) is 0. The molecule has 2 saturated heterocycles. The summed E-state index contributed by atoms with van der Waals surface area (Å²) in [6.45, 7) is 12.9. The van der Waals surface area contributed by atoms with Crippen molar-refractivity contribution in [1.82, 2.24) is 4.90 Å². The van der Waals surface area contributed by atoms with Gasteiger partial charge in [0.2, 0.25) is 0 Å². The lowest BCUT2D eigenvalue weighted by atomic mass is 9.96. The van der Waals surface area contributed by atoms with Crippen LogP contribution >= 0.6 is 24.0 Å². The van der Waals surface area contributed by atoms with Gasteiger partial charge in [-0.25, -0.2) is 0 Å². The topological polar surface area (TPSA) is 32.7 Å². The van der Waals surface area contributed by atoms with Gasteiger partial charge in [-0.05, 0) is 59.5 Å². The van der Waals surface area contributed by atoms with Crippen LogP contribution < -0.4 is 0 Å². The average Bonchev–Trinajstić information content (AvgIpc) is 2.90. The number of nitrogens with zero attached hydrogens (tertiary/aromatic N) is 1. The second kappa shape index (κ2) is 10.4. The Morgan fingerprint density at radius 2 is 1.47 bits per heavy atom. The first-order chi connectivity index (χ1) is 8.43. The van der Waals surface area contributed by atoms with Crippen LogP contribution in [0.15, 0.2) is 0 Å². The largest absolute Gasteiger partial charge is 0.394 e. The Morgan fingerprint density at radius 1 is 1.11 bits per heavy atom.